The largest absolute Gasteiger partial charge is 0.369 e. The summed E-state index contributed by atoms with van der Waals surface area (Å²) in [5.41, 5.74) is 9.27. The zero-order chi connectivity index (χ0) is 19.6. The minimum atomic E-state index is -0.161. The number of nitrogens with two attached hydrogens (primary N) is 1. The van der Waals surface area contributed by atoms with Crippen LogP contribution >= 0.6 is 0 Å². The number of benzene rings is 1. The third kappa shape index (κ3) is 7.21. The normalized spacial score (nSPS) is 18.3. The lowest BCUT2D eigenvalue weighted by atomic mass is 9.97. The van der Waals surface area contributed by atoms with Crippen LogP contribution in [0.3, 0.4) is 0 Å². The van der Waals surface area contributed by atoms with E-state index < -0.39 is 0 Å². The second kappa shape index (κ2) is 10.9. The van der Waals surface area contributed by atoms with E-state index in [2.05, 4.69) is 54.5 Å². The second-order valence-electron chi connectivity index (χ2n) is 7.45. The number of hydrogen-bond acceptors (Lipinski definition) is 3. The maximum atomic E-state index is 11.4. The molecule has 2 rings (SSSR count). The third-order valence-corrected chi connectivity index (χ3v) is 5.10. The summed E-state index contributed by atoms with van der Waals surface area (Å²) in [6, 6.07) is 6.49. The Kier molecular flexibility index (Phi) is 8.58. The fourth-order valence-corrected chi connectivity index (χ4v) is 3.53. The van der Waals surface area contributed by atoms with Crippen LogP contribution in [0, 0.1) is 19.8 Å². The number of aliphatic imine (C=N–C) groups is 1. The van der Waals surface area contributed by atoms with Crippen molar-refractivity contribution in [2.45, 2.75) is 46.6 Å². The van der Waals surface area contributed by atoms with Crippen molar-refractivity contribution in [3.05, 3.63) is 34.9 Å². The summed E-state index contributed by atoms with van der Waals surface area (Å²) in [7, 11) is 0. The van der Waals surface area contributed by atoms with Gasteiger partial charge in [-0.15, -0.1) is 0 Å². The smallest absolute Gasteiger partial charge is 0.221 e. The number of hydrogen-bond donors (Lipinski definition) is 3. The van der Waals surface area contributed by atoms with Crippen molar-refractivity contribution in [1.82, 2.24) is 15.5 Å². The third-order valence-electron chi connectivity index (χ3n) is 5.10. The number of likely N-dealkylation sites (tertiary alicyclic amines) is 1. The molecule has 6 heteroatoms. The van der Waals surface area contributed by atoms with Crippen molar-refractivity contribution in [1.29, 1.82) is 0 Å². The Hall–Kier alpha value is -2.08. The molecule has 1 aromatic rings. The standard InChI is InChI=1S/C21H35N5O/c1-4-23-21(25-14-18-9-8-16(2)13-17(18)3)24-10-6-12-26-11-5-7-19(15-26)20(22)27/h8-9,13,19H,4-7,10-12,14-15H2,1-3H3,(H2,22,27)(H2,23,24,25). The average molecular weight is 374 g/mol. The van der Waals surface area contributed by atoms with Crippen LogP contribution in [0.2, 0.25) is 0 Å². The highest BCUT2D eigenvalue weighted by Crippen LogP contribution is 2.16. The van der Waals surface area contributed by atoms with E-state index in [1.807, 2.05) is 0 Å². The van der Waals surface area contributed by atoms with Crippen LogP contribution in [0.5, 0.6) is 0 Å². The molecule has 1 aliphatic rings. The molecule has 1 atom stereocenters. The van der Waals surface area contributed by atoms with E-state index >= 15 is 0 Å². The molecule has 1 amide bonds. The number of nitrogens with zero attached hydrogens (tertiary/aromatic N) is 2. The van der Waals surface area contributed by atoms with E-state index in [9.17, 15) is 4.79 Å². The zero-order valence-corrected chi connectivity index (χ0v) is 17.1. The van der Waals surface area contributed by atoms with Crippen LogP contribution < -0.4 is 16.4 Å². The molecule has 0 saturated carbocycles. The van der Waals surface area contributed by atoms with E-state index in [-0.39, 0.29) is 11.8 Å². The van der Waals surface area contributed by atoms with Gasteiger partial charge in [0.1, 0.15) is 0 Å². The molecule has 27 heavy (non-hydrogen) atoms. The number of nitrogens with one attached hydrogen (secondary N) is 2. The first-order valence-electron chi connectivity index (χ1n) is 10.1. The number of primary amides is 1. The maximum absolute atomic E-state index is 11.4. The summed E-state index contributed by atoms with van der Waals surface area (Å²) in [6.45, 7) is 11.5. The zero-order valence-electron chi connectivity index (χ0n) is 17.1. The molecule has 150 valence electrons. The van der Waals surface area contributed by atoms with Crippen molar-refractivity contribution < 1.29 is 4.79 Å². The van der Waals surface area contributed by atoms with Crippen molar-refractivity contribution >= 4 is 11.9 Å². The highest BCUT2D eigenvalue weighted by molar-refractivity contribution is 5.79. The molecule has 1 heterocycles. The summed E-state index contributed by atoms with van der Waals surface area (Å²) in [4.78, 5) is 18.4. The number of carbonyl (C=O) groups is 1. The number of aryl methyl sites for hydroxylation is 2. The van der Waals surface area contributed by atoms with Crippen molar-refractivity contribution in [3.8, 4) is 0 Å². The van der Waals surface area contributed by atoms with Gasteiger partial charge in [0.25, 0.3) is 0 Å². The SMILES string of the molecule is CCNC(=NCc1ccc(C)cc1C)NCCCN1CCCC(C(N)=O)C1. The monoisotopic (exact) mass is 373 g/mol. The Morgan fingerprint density at radius 2 is 2.15 bits per heavy atom. The molecule has 1 aromatic carbocycles. The lowest BCUT2D eigenvalue weighted by molar-refractivity contribution is -0.123. The fraction of sp³-hybridized carbons (Fsp3) is 0.619. The molecule has 6 nitrogen and oxygen atoms in total. The van der Waals surface area contributed by atoms with Gasteiger partial charge in [0.2, 0.25) is 5.91 Å². The van der Waals surface area contributed by atoms with E-state index in [1.54, 1.807) is 0 Å². The summed E-state index contributed by atoms with van der Waals surface area (Å²) in [6.07, 6.45) is 3.00. The fourth-order valence-electron chi connectivity index (χ4n) is 3.53. The highest BCUT2D eigenvalue weighted by atomic mass is 16.1. The topological polar surface area (TPSA) is 82.8 Å². The Bertz CT molecular complexity index is 643. The van der Waals surface area contributed by atoms with E-state index in [0.29, 0.717) is 6.54 Å². The Morgan fingerprint density at radius 1 is 1.33 bits per heavy atom. The van der Waals surface area contributed by atoms with Gasteiger partial charge in [0.05, 0.1) is 12.5 Å². The van der Waals surface area contributed by atoms with Gasteiger partial charge in [-0.1, -0.05) is 23.8 Å². The summed E-state index contributed by atoms with van der Waals surface area (Å²) >= 11 is 0. The van der Waals surface area contributed by atoms with Gasteiger partial charge >= 0.3 is 0 Å². The predicted molar refractivity (Wildman–Crippen MR) is 112 cm³/mol. The Morgan fingerprint density at radius 3 is 2.85 bits per heavy atom. The molecule has 4 N–H and O–H groups in total. The number of rotatable bonds is 8. The Labute approximate surface area is 163 Å². The van der Waals surface area contributed by atoms with Gasteiger partial charge in [0, 0.05) is 19.6 Å². The van der Waals surface area contributed by atoms with Gasteiger partial charge in [-0.05, 0) is 64.3 Å². The van der Waals surface area contributed by atoms with Crippen molar-refractivity contribution in [2.75, 3.05) is 32.7 Å². The second-order valence-corrected chi connectivity index (χ2v) is 7.45. The minimum Gasteiger partial charge on any atom is -0.369 e. The Balaban J connectivity index is 1.77. The van der Waals surface area contributed by atoms with Gasteiger partial charge in [-0.2, -0.15) is 0 Å². The molecule has 0 bridgehead atoms. The first-order chi connectivity index (χ1) is 13.0. The lowest BCUT2D eigenvalue weighted by Gasteiger charge is -2.31. The molecule has 0 aromatic heterocycles. The first-order valence-corrected chi connectivity index (χ1v) is 10.1. The molecule has 0 spiro atoms. The van der Waals surface area contributed by atoms with Gasteiger partial charge < -0.3 is 21.3 Å². The van der Waals surface area contributed by atoms with Gasteiger partial charge in [0.15, 0.2) is 5.96 Å². The molecule has 1 fully saturated rings. The first kappa shape index (κ1) is 21.2. The van der Waals surface area contributed by atoms with Crippen LogP contribution in [-0.4, -0.2) is 49.5 Å². The summed E-state index contributed by atoms with van der Waals surface area (Å²) < 4.78 is 0. The van der Waals surface area contributed by atoms with Gasteiger partial charge in [-0.3, -0.25) is 4.79 Å². The molecule has 1 aliphatic heterocycles. The van der Waals surface area contributed by atoms with Crippen LogP contribution in [0.25, 0.3) is 0 Å². The molecule has 0 aliphatic carbocycles. The minimum absolute atomic E-state index is 0.0170. The van der Waals surface area contributed by atoms with Crippen LogP contribution in [-0.2, 0) is 11.3 Å². The molecule has 0 radical (unpaired) electrons. The van der Waals surface area contributed by atoms with Crippen molar-refractivity contribution in [3.63, 3.8) is 0 Å². The number of guanidine groups is 1. The maximum Gasteiger partial charge on any atom is 0.221 e. The summed E-state index contributed by atoms with van der Waals surface area (Å²) in [5, 5.41) is 6.72. The number of carbonyl (C=O) groups excluding carboxylic acids is 1. The quantitative estimate of drug-likeness (QED) is 0.369. The molecule has 1 saturated heterocycles. The van der Waals surface area contributed by atoms with Crippen molar-refractivity contribution in [2.24, 2.45) is 16.6 Å². The molecule has 1 unspecified atom stereocenters. The van der Waals surface area contributed by atoms with E-state index in [4.69, 9.17) is 10.7 Å². The average Bonchev–Trinajstić information content (AvgIpc) is 2.64. The van der Waals surface area contributed by atoms with Crippen LogP contribution in [0.4, 0.5) is 0 Å². The predicted octanol–water partition coefficient (Wildman–Crippen LogP) is 1.95. The lowest BCUT2D eigenvalue weighted by Crippen LogP contribution is -2.43. The molecular formula is C21H35N5O. The molecular weight excluding hydrogens is 338 g/mol. The summed E-state index contributed by atoms with van der Waals surface area (Å²) in [5.74, 6) is 0.709. The van der Waals surface area contributed by atoms with Crippen LogP contribution in [0.15, 0.2) is 23.2 Å². The van der Waals surface area contributed by atoms with Gasteiger partial charge in [-0.25, -0.2) is 4.99 Å². The number of amides is 1. The van der Waals surface area contributed by atoms with E-state index in [1.165, 1.54) is 16.7 Å². The number of piperidine rings is 1. The van der Waals surface area contributed by atoms with E-state index in [0.717, 1.165) is 57.9 Å². The van der Waals surface area contributed by atoms with Crippen LogP contribution in [0.1, 0.15) is 42.9 Å². The highest BCUT2D eigenvalue weighted by Gasteiger charge is 2.23.